The molecule has 0 N–H and O–H groups in total. The topological polar surface area (TPSA) is 81.4 Å². The SMILES string of the molecule is O=C(c1cc(-c2cccs2)on1)N1CCC[C@@H](Oc2ccncn2)C1. The Morgan fingerprint density at radius 3 is 3.16 bits per heavy atom. The lowest BCUT2D eigenvalue weighted by Crippen LogP contribution is -2.44. The van der Waals surface area contributed by atoms with E-state index in [2.05, 4.69) is 15.1 Å². The number of ether oxygens (including phenoxy) is 1. The fourth-order valence-corrected chi connectivity index (χ4v) is 3.48. The van der Waals surface area contributed by atoms with Crippen LogP contribution >= 0.6 is 11.3 Å². The Morgan fingerprint density at radius 2 is 2.36 bits per heavy atom. The molecule has 1 fully saturated rings. The van der Waals surface area contributed by atoms with Gasteiger partial charge in [0, 0.05) is 24.9 Å². The number of carbonyl (C=O) groups is 1. The van der Waals surface area contributed by atoms with Crippen LogP contribution in [0.1, 0.15) is 23.3 Å². The lowest BCUT2D eigenvalue weighted by Gasteiger charge is -2.32. The van der Waals surface area contributed by atoms with E-state index in [4.69, 9.17) is 9.26 Å². The third-order valence-corrected chi connectivity index (χ3v) is 4.89. The number of hydrogen-bond acceptors (Lipinski definition) is 7. The molecule has 25 heavy (non-hydrogen) atoms. The van der Waals surface area contributed by atoms with Crippen molar-refractivity contribution < 1.29 is 14.1 Å². The zero-order valence-corrected chi connectivity index (χ0v) is 14.2. The smallest absolute Gasteiger partial charge is 0.276 e. The second-order valence-corrected chi connectivity index (χ2v) is 6.68. The van der Waals surface area contributed by atoms with Crippen molar-refractivity contribution in [3.63, 3.8) is 0 Å². The van der Waals surface area contributed by atoms with Gasteiger partial charge in [-0.2, -0.15) is 0 Å². The molecule has 1 atom stereocenters. The van der Waals surface area contributed by atoms with Crippen LogP contribution in [0.25, 0.3) is 10.6 Å². The molecule has 4 rings (SSSR count). The fraction of sp³-hybridized carbons (Fsp3) is 0.294. The van der Waals surface area contributed by atoms with Gasteiger partial charge in [-0.25, -0.2) is 9.97 Å². The Labute approximate surface area is 148 Å². The Balaban J connectivity index is 1.43. The number of amides is 1. The summed E-state index contributed by atoms with van der Waals surface area (Å²) in [6, 6.07) is 7.28. The van der Waals surface area contributed by atoms with Crippen molar-refractivity contribution in [2.45, 2.75) is 18.9 Å². The molecule has 0 spiro atoms. The summed E-state index contributed by atoms with van der Waals surface area (Å²) in [5, 5.41) is 5.89. The maximum Gasteiger partial charge on any atom is 0.276 e. The van der Waals surface area contributed by atoms with Gasteiger partial charge in [0.05, 0.1) is 11.4 Å². The Hall–Kier alpha value is -2.74. The van der Waals surface area contributed by atoms with Gasteiger partial charge in [0.15, 0.2) is 11.5 Å². The first-order chi connectivity index (χ1) is 12.3. The van der Waals surface area contributed by atoms with Gasteiger partial charge in [0.2, 0.25) is 5.88 Å². The van der Waals surface area contributed by atoms with Gasteiger partial charge in [-0.1, -0.05) is 11.2 Å². The van der Waals surface area contributed by atoms with E-state index in [1.54, 1.807) is 34.6 Å². The molecule has 128 valence electrons. The quantitative estimate of drug-likeness (QED) is 0.715. The minimum Gasteiger partial charge on any atom is -0.472 e. The molecule has 0 unspecified atom stereocenters. The third-order valence-electron chi connectivity index (χ3n) is 4.00. The molecule has 1 saturated heterocycles. The number of nitrogens with zero attached hydrogens (tertiary/aromatic N) is 4. The lowest BCUT2D eigenvalue weighted by molar-refractivity contribution is 0.0518. The average Bonchev–Trinajstić information content (AvgIpc) is 3.34. The monoisotopic (exact) mass is 356 g/mol. The molecule has 0 saturated carbocycles. The highest BCUT2D eigenvalue weighted by Crippen LogP contribution is 2.26. The van der Waals surface area contributed by atoms with E-state index in [1.807, 2.05) is 17.5 Å². The Morgan fingerprint density at radius 1 is 1.40 bits per heavy atom. The van der Waals surface area contributed by atoms with Gasteiger partial charge in [-0.05, 0) is 24.3 Å². The van der Waals surface area contributed by atoms with E-state index >= 15 is 0 Å². The van der Waals surface area contributed by atoms with Crippen molar-refractivity contribution >= 4 is 17.2 Å². The fourth-order valence-electron chi connectivity index (χ4n) is 2.81. The first-order valence-corrected chi connectivity index (χ1v) is 8.90. The molecule has 0 aliphatic carbocycles. The maximum atomic E-state index is 12.7. The average molecular weight is 356 g/mol. The second kappa shape index (κ2) is 7.02. The number of piperidine rings is 1. The molecule has 0 bridgehead atoms. The Bertz CT molecular complexity index is 835. The summed E-state index contributed by atoms with van der Waals surface area (Å²) in [5.41, 5.74) is 0.325. The van der Waals surface area contributed by atoms with Crippen molar-refractivity contribution in [3.8, 4) is 16.5 Å². The number of carbonyl (C=O) groups excluding carboxylic acids is 1. The van der Waals surface area contributed by atoms with E-state index in [-0.39, 0.29) is 12.0 Å². The number of likely N-dealkylation sites (tertiary alicyclic amines) is 1. The normalized spacial score (nSPS) is 17.4. The minimum absolute atomic E-state index is 0.0868. The summed E-state index contributed by atoms with van der Waals surface area (Å²) in [6.07, 6.45) is 4.75. The summed E-state index contributed by atoms with van der Waals surface area (Å²) in [4.78, 5) is 23.4. The van der Waals surface area contributed by atoms with Crippen LogP contribution in [0.4, 0.5) is 0 Å². The zero-order chi connectivity index (χ0) is 17.1. The van der Waals surface area contributed by atoms with Crippen LogP contribution in [0.2, 0.25) is 0 Å². The number of hydrogen-bond donors (Lipinski definition) is 0. The van der Waals surface area contributed by atoms with Gasteiger partial charge in [0.25, 0.3) is 5.91 Å². The Kier molecular flexibility index (Phi) is 4.43. The van der Waals surface area contributed by atoms with E-state index in [1.165, 1.54) is 6.33 Å². The van der Waals surface area contributed by atoms with Crippen LogP contribution in [0.5, 0.6) is 5.88 Å². The number of rotatable bonds is 4. The maximum absolute atomic E-state index is 12.7. The van der Waals surface area contributed by atoms with E-state index < -0.39 is 0 Å². The molecule has 1 aliphatic heterocycles. The van der Waals surface area contributed by atoms with Crippen LogP contribution in [0.3, 0.4) is 0 Å². The van der Waals surface area contributed by atoms with Crippen LogP contribution in [-0.4, -0.2) is 45.1 Å². The summed E-state index contributed by atoms with van der Waals surface area (Å²) in [6.45, 7) is 1.19. The van der Waals surface area contributed by atoms with Crippen molar-refractivity contribution in [3.05, 3.63) is 47.9 Å². The highest BCUT2D eigenvalue weighted by molar-refractivity contribution is 7.13. The molecule has 1 amide bonds. The van der Waals surface area contributed by atoms with Gasteiger partial charge in [-0.15, -0.1) is 11.3 Å². The second-order valence-electron chi connectivity index (χ2n) is 5.73. The highest BCUT2D eigenvalue weighted by atomic mass is 32.1. The predicted octanol–water partition coefficient (Wildman–Crippen LogP) is 2.88. The van der Waals surface area contributed by atoms with Gasteiger partial charge >= 0.3 is 0 Å². The van der Waals surface area contributed by atoms with Crippen LogP contribution in [0.15, 0.2) is 46.7 Å². The molecule has 7 nitrogen and oxygen atoms in total. The summed E-state index contributed by atoms with van der Waals surface area (Å²) in [7, 11) is 0. The largest absolute Gasteiger partial charge is 0.472 e. The summed E-state index contributed by atoms with van der Waals surface area (Å²) in [5.74, 6) is 1.00. The van der Waals surface area contributed by atoms with Gasteiger partial charge < -0.3 is 14.2 Å². The van der Waals surface area contributed by atoms with E-state index in [0.717, 1.165) is 17.7 Å². The molecule has 3 aromatic heterocycles. The molecule has 4 heterocycles. The summed E-state index contributed by atoms with van der Waals surface area (Å²) < 4.78 is 11.2. The summed E-state index contributed by atoms with van der Waals surface area (Å²) >= 11 is 1.55. The van der Waals surface area contributed by atoms with Crippen LogP contribution in [0, 0.1) is 0 Å². The predicted molar refractivity (Wildman–Crippen MR) is 91.4 cm³/mol. The molecular formula is C17H16N4O3S. The number of aromatic nitrogens is 3. The standard InChI is InChI=1S/C17H16N4O3S/c22-17(13-9-14(24-20-13)15-4-2-8-25-15)21-7-1-3-12(10-21)23-16-5-6-18-11-19-16/h2,4-6,8-9,11-12H,1,3,7,10H2/t12-/m1/s1. The van der Waals surface area contributed by atoms with Crippen molar-refractivity contribution in [1.29, 1.82) is 0 Å². The highest BCUT2D eigenvalue weighted by Gasteiger charge is 2.28. The molecule has 8 heteroatoms. The minimum atomic E-state index is -0.137. The molecule has 0 radical (unpaired) electrons. The van der Waals surface area contributed by atoms with Crippen molar-refractivity contribution in [2.75, 3.05) is 13.1 Å². The molecule has 3 aromatic rings. The van der Waals surface area contributed by atoms with E-state index in [0.29, 0.717) is 30.4 Å². The first-order valence-electron chi connectivity index (χ1n) is 8.02. The molecular weight excluding hydrogens is 340 g/mol. The first kappa shape index (κ1) is 15.8. The van der Waals surface area contributed by atoms with Gasteiger partial charge in [0.1, 0.15) is 12.4 Å². The van der Waals surface area contributed by atoms with Gasteiger partial charge in [-0.3, -0.25) is 4.79 Å². The van der Waals surface area contributed by atoms with E-state index in [9.17, 15) is 4.79 Å². The third kappa shape index (κ3) is 3.53. The number of thiophene rings is 1. The zero-order valence-electron chi connectivity index (χ0n) is 13.4. The van der Waals surface area contributed by atoms with Crippen molar-refractivity contribution in [2.24, 2.45) is 0 Å². The molecule has 0 aromatic carbocycles. The van der Waals surface area contributed by atoms with Crippen molar-refractivity contribution in [1.82, 2.24) is 20.0 Å². The van der Waals surface area contributed by atoms with Crippen LogP contribution in [-0.2, 0) is 0 Å². The molecule has 1 aliphatic rings. The van der Waals surface area contributed by atoms with Crippen LogP contribution < -0.4 is 4.74 Å². The lowest BCUT2D eigenvalue weighted by atomic mass is 10.1.